The van der Waals surface area contributed by atoms with Crippen molar-refractivity contribution in [3.63, 3.8) is 0 Å². The summed E-state index contributed by atoms with van der Waals surface area (Å²) in [6.45, 7) is 1.52. The Morgan fingerprint density at radius 3 is 3.05 bits per heavy atom. The van der Waals surface area contributed by atoms with Gasteiger partial charge in [-0.15, -0.1) is 0 Å². The second-order valence-electron chi connectivity index (χ2n) is 4.98. The molecule has 1 aliphatic heterocycles. The minimum absolute atomic E-state index is 0.0347. The fourth-order valence-corrected chi connectivity index (χ4v) is 2.96. The average Bonchev–Trinajstić information content (AvgIpc) is 3.10. The standard InChI is InChI=1S/C14H16BrN3O2/c15-13-6-5-12(20-13)14(19)18-9-2-1-4-11(18)10-17-8-3-7-16-17/h3,5-8,11H,1-2,4,9-10H2. The summed E-state index contributed by atoms with van der Waals surface area (Å²) in [6.07, 6.45) is 6.90. The molecular weight excluding hydrogens is 322 g/mol. The molecule has 0 aromatic carbocycles. The van der Waals surface area contributed by atoms with Crippen LogP contribution in [0.5, 0.6) is 0 Å². The lowest BCUT2D eigenvalue weighted by atomic mass is 10.0. The number of piperidine rings is 1. The van der Waals surface area contributed by atoms with Crippen LogP contribution < -0.4 is 0 Å². The maximum absolute atomic E-state index is 12.5. The van der Waals surface area contributed by atoms with Gasteiger partial charge in [0.15, 0.2) is 10.4 Å². The zero-order valence-electron chi connectivity index (χ0n) is 11.0. The summed E-state index contributed by atoms with van der Waals surface area (Å²) in [5.74, 6) is 0.358. The molecule has 1 amide bonds. The number of carbonyl (C=O) groups is 1. The monoisotopic (exact) mass is 337 g/mol. The minimum Gasteiger partial charge on any atom is -0.444 e. The van der Waals surface area contributed by atoms with Gasteiger partial charge in [0.2, 0.25) is 0 Å². The molecule has 1 atom stereocenters. The molecular formula is C14H16BrN3O2. The number of aromatic nitrogens is 2. The predicted molar refractivity (Wildman–Crippen MR) is 77.3 cm³/mol. The van der Waals surface area contributed by atoms with E-state index in [0.717, 1.165) is 32.4 Å². The van der Waals surface area contributed by atoms with Crippen LogP contribution in [0.2, 0.25) is 0 Å². The molecule has 1 fully saturated rings. The first-order valence-electron chi connectivity index (χ1n) is 6.78. The van der Waals surface area contributed by atoms with E-state index in [0.29, 0.717) is 10.4 Å². The highest BCUT2D eigenvalue weighted by atomic mass is 79.9. The molecule has 6 heteroatoms. The van der Waals surface area contributed by atoms with E-state index >= 15 is 0 Å². The molecule has 1 aliphatic rings. The molecule has 3 rings (SSSR count). The van der Waals surface area contributed by atoms with Gasteiger partial charge in [-0.05, 0) is 53.4 Å². The van der Waals surface area contributed by atoms with Crippen LogP contribution in [-0.2, 0) is 6.54 Å². The number of rotatable bonds is 3. The third kappa shape index (κ3) is 2.80. The van der Waals surface area contributed by atoms with Crippen molar-refractivity contribution >= 4 is 21.8 Å². The Bertz CT molecular complexity index is 579. The van der Waals surface area contributed by atoms with Gasteiger partial charge < -0.3 is 9.32 Å². The normalized spacial score (nSPS) is 19.2. The molecule has 0 N–H and O–H groups in total. The lowest BCUT2D eigenvalue weighted by Gasteiger charge is -2.35. The number of hydrogen-bond acceptors (Lipinski definition) is 3. The Morgan fingerprint density at radius 1 is 1.45 bits per heavy atom. The minimum atomic E-state index is -0.0347. The summed E-state index contributed by atoms with van der Waals surface area (Å²) in [5, 5.41) is 4.23. The summed E-state index contributed by atoms with van der Waals surface area (Å²) in [5.41, 5.74) is 0. The van der Waals surface area contributed by atoms with E-state index in [1.807, 2.05) is 21.8 Å². The van der Waals surface area contributed by atoms with E-state index < -0.39 is 0 Å². The van der Waals surface area contributed by atoms with Crippen molar-refractivity contribution in [3.05, 3.63) is 41.0 Å². The van der Waals surface area contributed by atoms with Crippen LogP contribution in [0.1, 0.15) is 29.8 Å². The summed E-state index contributed by atoms with van der Waals surface area (Å²) < 4.78 is 7.85. The van der Waals surface area contributed by atoms with Gasteiger partial charge in [0.1, 0.15) is 0 Å². The van der Waals surface area contributed by atoms with Crippen LogP contribution in [0, 0.1) is 0 Å². The second kappa shape index (κ2) is 5.83. The molecule has 2 aromatic rings. The number of furan rings is 1. The highest BCUT2D eigenvalue weighted by Gasteiger charge is 2.29. The van der Waals surface area contributed by atoms with Crippen molar-refractivity contribution < 1.29 is 9.21 Å². The lowest BCUT2D eigenvalue weighted by Crippen LogP contribution is -2.45. The van der Waals surface area contributed by atoms with Gasteiger partial charge in [-0.1, -0.05) is 0 Å². The molecule has 106 valence electrons. The number of hydrogen-bond donors (Lipinski definition) is 0. The first-order valence-corrected chi connectivity index (χ1v) is 7.57. The Kier molecular flexibility index (Phi) is 3.91. The Morgan fingerprint density at radius 2 is 2.35 bits per heavy atom. The highest BCUT2D eigenvalue weighted by molar-refractivity contribution is 9.10. The summed E-state index contributed by atoms with van der Waals surface area (Å²) in [7, 11) is 0. The fraction of sp³-hybridized carbons (Fsp3) is 0.429. The quantitative estimate of drug-likeness (QED) is 0.865. The third-order valence-corrected chi connectivity index (χ3v) is 4.06. The molecule has 20 heavy (non-hydrogen) atoms. The molecule has 0 radical (unpaired) electrons. The molecule has 5 nitrogen and oxygen atoms in total. The zero-order chi connectivity index (χ0) is 13.9. The summed E-state index contributed by atoms with van der Waals surface area (Å²) in [6, 6.07) is 5.55. The van der Waals surface area contributed by atoms with Crippen LogP contribution >= 0.6 is 15.9 Å². The van der Waals surface area contributed by atoms with E-state index in [4.69, 9.17) is 4.42 Å². The van der Waals surface area contributed by atoms with Crippen molar-refractivity contribution in [2.24, 2.45) is 0 Å². The van der Waals surface area contributed by atoms with Crippen LogP contribution in [0.3, 0.4) is 0 Å². The van der Waals surface area contributed by atoms with Gasteiger partial charge in [-0.25, -0.2) is 0 Å². The summed E-state index contributed by atoms with van der Waals surface area (Å²) in [4.78, 5) is 14.4. The molecule has 3 heterocycles. The number of amides is 1. The maximum Gasteiger partial charge on any atom is 0.289 e. The van der Waals surface area contributed by atoms with Crippen molar-refractivity contribution in [3.8, 4) is 0 Å². The number of halogens is 1. The Hall–Kier alpha value is -1.56. The van der Waals surface area contributed by atoms with Crippen LogP contribution in [0.15, 0.2) is 39.7 Å². The lowest BCUT2D eigenvalue weighted by molar-refractivity contribution is 0.0550. The Labute approximate surface area is 125 Å². The molecule has 1 unspecified atom stereocenters. The molecule has 0 saturated carbocycles. The van der Waals surface area contributed by atoms with Gasteiger partial charge in [0.25, 0.3) is 5.91 Å². The van der Waals surface area contributed by atoms with Gasteiger partial charge in [-0.2, -0.15) is 5.10 Å². The van der Waals surface area contributed by atoms with E-state index in [1.165, 1.54) is 0 Å². The van der Waals surface area contributed by atoms with Crippen molar-refractivity contribution in [1.29, 1.82) is 0 Å². The van der Waals surface area contributed by atoms with Crippen molar-refractivity contribution in [1.82, 2.24) is 14.7 Å². The van der Waals surface area contributed by atoms with Crippen LogP contribution in [-0.4, -0.2) is 33.2 Å². The van der Waals surface area contributed by atoms with E-state index in [1.54, 1.807) is 18.3 Å². The van der Waals surface area contributed by atoms with Gasteiger partial charge in [0.05, 0.1) is 12.6 Å². The molecule has 1 saturated heterocycles. The zero-order valence-corrected chi connectivity index (χ0v) is 12.6. The van der Waals surface area contributed by atoms with Gasteiger partial charge in [-0.3, -0.25) is 9.48 Å². The fourth-order valence-electron chi connectivity index (χ4n) is 2.65. The number of likely N-dealkylation sites (tertiary alicyclic amines) is 1. The molecule has 0 spiro atoms. The Balaban J connectivity index is 1.76. The molecule has 0 bridgehead atoms. The van der Waals surface area contributed by atoms with E-state index in [2.05, 4.69) is 21.0 Å². The van der Waals surface area contributed by atoms with E-state index in [-0.39, 0.29) is 11.9 Å². The largest absolute Gasteiger partial charge is 0.444 e. The smallest absolute Gasteiger partial charge is 0.289 e. The van der Waals surface area contributed by atoms with Crippen LogP contribution in [0.4, 0.5) is 0 Å². The van der Waals surface area contributed by atoms with Crippen LogP contribution in [0.25, 0.3) is 0 Å². The SMILES string of the molecule is O=C(c1ccc(Br)o1)N1CCCCC1Cn1cccn1. The van der Waals surface area contributed by atoms with E-state index in [9.17, 15) is 4.79 Å². The topological polar surface area (TPSA) is 51.3 Å². The molecule has 2 aromatic heterocycles. The first-order chi connectivity index (χ1) is 9.74. The highest BCUT2D eigenvalue weighted by Crippen LogP contribution is 2.23. The van der Waals surface area contributed by atoms with Gasteiger partial charge in [0, 0.05) is 18.9 Å². The maximum atomic E-state index is 12.5. The number of carbonyl (C=O) groups excluding carboxylic acids is 1. The van der Waals surface area contributed by atoms with Crippen molar-refractivity contribution in [2.45, 2.75) is 31.8 Å². The van der Waals surface area contributed by atoms with Crippen molar-refractivity contribution in [2.75, 3.05) is 6.54 Å². The summed E-state index contributed by atoms with van der Waals surface area (Å²) >= 11 is 3.24. The number of nitrogens with zero attached hydrogens (tertiary/aromatic N) is 3. The third-order valence-electron chi connectivity index (χ3n) is 3.63. The molecule has 0 aliphatic carbocycles. The van der Waals surface area contributed by atoms with Gasteiger partial charge >= 0.3 is 0 Å². The predicted octanol–water partition coefficient (Wildman–Crippen LogP) is 2.93. The average molecular weight is 338 g/mol. The first kappa shape index (κ1) is 13.4. The second-order valence-corrected chi connectivity index (χ2v) is 5.76.